The minimum Gasteiger partial charge on any atom is -0.497 e. The Labute approximate surface area is 141 Å². The van der Waals surface area contributed by atoms with E-state index in [1.807, 2.05) is 17.0 Å². The van der Waals surface area contributed by atoms with Crippen molar-refractivity contribution in [2.45, 2.75) is 6.42 Å². The minimum atomic E-state index is -0.0895. The van der Waals surface area contributed by atoms with Gasteiger partial charge in [0.25, 0.3) is 5.91 Å². The van der Waals surface area contributed by atoms with Crippen molar-refractivity contribution >= 4 is 5.91 Å². The number of amides is 1. The Balaban J connectivity index is 1.66. The fourth-order valence-corrected chi connectivity index (χ4v) is 2.85. The van der Waals surface area contributed by atoms with Gasteiger partial charge in [0, 0.05) is 31.4 Å². The second-order valence-corrected chi connectivity index (χ2v) is 5.83. The third-order valence-corrected chi connectivity index (χ3v) is 4.09. The van der Waals surface area contributed by atoms with E-state index in [0.29, 0.717) is 32.0 Å². The van der Waals surface area contributed by atoms with E-state index in [4.69, 9.17) is 9.47 Å². The molecule has 0 spiro atoms. The number of methoxy groups -OCH3 is 1. The van der Waals surface area contributed by atoms with Crippen molar-refractivity contribution in [2.24, 2.45) is 5.92 Å². The van der Waals surface area contributed by atoms with Crippen molar-refractivity contribution < 1.29 is 14.3 Å². The molecule has 1 aliphatic rings. The highest BCUT2D eigenvalue weighted by Gasteiger charge is 2.24. The molecule has 6 nitrogen and oxygen atoms in total. The van der Waals surface area contributed by atoms with E-state index in [1.54, 1.807) is 13.3 Å². The van der Waals surface area contributed by atoms with E-state index in [9.17, 15) is 4.79 Å². The van der Waals surface area contributed by atoms with Crippen molar-refractivity contribution in [1.29, 1.82) is 0 Å². The lowest BCUT2D eigenvalue weighted by Gasteiger charge is -2.23. The van der Waals surface area contributed by atoms with Crippen LogP contribution in [0, 0.1) is 5.92 Å². The van der Waals surface area contributed by atoms with E-state index in [0.717, 1.165) is 12.2 Å². The number of hydrogen-bond donors (Lipinski definition) is 0. The second kappa shape index (κ2) is 7.88. The molecule has 1 aliphatic heterocycles. The van der Waals surface area contributed by atoms with Crippen molar-refractivity contribution in [1.82, 2.24) is 14.9 Å². The number of benzene rings is 1. The second-order valence-electron chi connectivity index (χ2n) is 5.83. The predicted octanol–water partition coefficient (Wildman–Crippen LogP) is 1.82. The molecule has 2 aromatic rings. The summed E-state index contributed by atoms with van der Waals surface area (Å²) in [5.41, 5.74) is 1.58. The molecule has 1 amide bonds. The fraction of sp³-hybridized carbons (Fsp3) is 0.389. The van der Waals surface area contributed by atoms with Gasteiger partial charge in [0.1, 0.15) is 11.4 Å². The van der Waals surface area contributed by atoms with E-state index in [1.165, 1.54) is 18.0 Å². The number of nitrogens with zero attached hydrogens (tertiary/aromatic N) is 3. The summed E-state index contributed by atoms with van der Waals surface area (Å²) in [6.07, 6.45) is 5.46. The molecule has 2 heterocycles. The Kier molecular flexibility index (Phi) is 5.38. The molecule has 0 bridgehead atoms. The summed E-state index contributed by atoms with van der Waals surface area (Å²) in [4.78, 5) is 22.5. The van der Waals surface area contributed by atoms with Gasteiger partial charge in [-0.15, -0.1) is 0 Å². The third-order valence-electron chi connectivity index (χ3n) is 4.09. The SMILES string of the molecule is COc1ccc(C[C@@H]2COCCN(C(=O)c3cnccn3)C2)cc1. The summed E-state index contributed by atoms with van der Waals surface area (Å²) >= 11 is 0. The summed E-state index contributed by atoms with van der Waals surface area (Å²) < 4.78 is 10.9. The quantitative estimate of drug-likeness (QED) is 0.857. The maximum atomic E-state index is 12.6. The van der Waals surface area contributed by atoms with Gasteiger partial charge in [0.05, 0.1) is 26.5 Å². The number of rotatable bonds is 4. The van der Waals surface area contributed by atoms with Crippen LogP contribution in [-0.2, 0) is 11.2 Å². The van der Waals surface area contributed by atoms with Crippen LogP contribution in [0.1, 0.15) is 16.1 Å². The van der Waals surface area contributed by atoms with Crippen LogP contribution in [-0.4, -0.2) is 54.2 Å². The molecule has 126 valence electrons. The Bertz CT molecular complexity index is 661. The maximum absolute atomic E-state index is 12.6. The lowest BCUT2D eigenvalue weighted by atomic mass is 9.99. The van der Waals surface area contributed by atoms with E-state index in [-0.39, 0.29) is 11.8 Å². The van der Waals surface area contributed by atoms with Crippen molar-refractivity contribution in [3.05, 3.63) is 54.1 Å². The number of ether oxygens (including phenoxy) is 2. The van der Waals surface area contributed by atoms with Crippen LogP contribution < -0.4 is 4.74 Å². The molecule has 3 rings (SSSR count). The van der Waals surface area contributed by atoms with Crippen LogP contribution in [0.25, 0.3) is 0 Å². The molecular weight excluding hydrogens is 306 g/mol. The first-order valence-electron chi connectivity index (χ1n) is 8.02. The van der Waals surface area contributed by atoms with Crippen molar-refractivity contribution in [2.75, 3.05) is 33.4 Å². The summed E-state index contributed by atoms with van der Waals surface area (Å²) in [5.74, 6) is 1.00. The molecule has 1 aromatic heterocycles. The standard InChI is InChI=1S/C18H21N3O3/c1-23-16-4-2-14(3-5-16)10-15-12-21(8-9-24-13-15)18(22)17-11-19-6-7-20-17/h2-7,11,15H,8-10,12-13H2,1H3/t15-/m0/s1. The number of carbonyl (C=O) groups is 1. The fourth-order valence-electron chi connectivity index (χ4n) is 2.85. The number of carbonyl (C=O) groups excluding carboxylic acids is 1. The van der Waals surface area contributed by atoms with Gasteiger partial charge in [-0.2, -0.15) is 0 Å². The van der Waals surface area contributed by atoms with Crippen LogP contribution >= 0.6 is 0 Å². The molecule has 1 aromatic carbocycles. The van der Waals surface area contributed by atoms with Crippen LogP contribution in [0.2, 0.25) is 0 Å². The van der Waals surface area contributed by atoms with E-state index >= 15 is 0 Å². The van der Waals surface area contributed by atoms with Gasteiger partial charge in [0.15, 0.2) is 0 Å². The first kappa shape index (κ1) is 16.4. The smallest absolute Gasteiger partial charge is 0.274 e. The van der Waals surface area contributed by atoms with Gasteiger partial charge in [-0.1, -0.05) is 12.1 Å². The Hall–Kier alpha value is -2.47. The normalized spacial score (nSPS) is 18.0. The first-order valence-corrected chi connectivity index (χ1v) is 8.02. The van der Waals surface area contributed by atoms with Crippen LogP contribution in [0.5, 0.6) is 5.75 Å². The highest BCUT2D eigenvalue weighted by Crippen LogP contribution is 2.18. The molecule has 1 fully saturated rings. The third kappa shape index (κ3) is 4.08. The minimum absolute atomic E-state index is 0.0895. The molecule has 0 aliphatic carbocycles. The van der Waals surface area contributed by atoms with Gasteiger partial charge >= 0.3 is 0 Å². The molecule has 6 heteroatoms. The topological polar surface area (TPSA) is 64.6 Å². The lowest BCUT2D eigenvalue weighted by molar-refractivity contribution is 0.0731. The van der Waals surface area contributed by atoms with E-state index < -0.39 is 0 Å². The summed E-state index contributed by atoms with van der Waals surface area (Å²) in [5, 5.41) is 0. The molecule has 1 saturated heterocycles. The highest BCUT2D eigenvalue weighted by atomic mass is 16.5. The van der Waals surface area contributed by atoms with Crippen LogP contribution in [0.3, 0.4) is 0 Å². The monoisotopic (exact) mass is 327 g/mol. The molecule has 0 saturated carbocycles. The van der Waals surface area contributed by atoms with Gasteiger partial charge in [-0.05, 0) is 24.1 Å². The zero-order valence-electron chi connectivity index (χ0n) is 13.7. The lowest BCUT2D eigenvalue weighted by Crippen LogP contribution is -2.36. The molecule has 0 unspecified atom stereocenters. The molecular formula is C18H21N3O3. The zero-order valence-corrected chi connectivity index (χ0v) is 13.7. The summed E-state index contributed by atoms with van der Waals surface area (Å²) in [6, 6.07) is 8.02. The Morgan fingerprint density at radius 2 is 2.17 bits per heavy atom. The van der Waals surface area contributed by atoms with Gasteiger partial charge in [-0.3, -0.25) is 9.78 Å². The number of hydrogen-bond acceptors (Lipinski definition) is 5. The van der Waals surface area contributed by atoms with Gasteiger partial charge < -0.3 is 14.4 Å². The predicted molar refractivity (Wildman–Crippen MR) is 88.9 cm³/mol. The molecule has 1 atom stereocenters. The summed E-state index contributed by atoms with van der Waals surface area (Å²) in [7, 11) is 1.66. The van der Waals surface area contributed by atoms with Gasteiger partial charge in [-0.25, -0.2) is 4.98 Å². The van der Waals surface area contributed by atoms with Crippen LogP contribution in [0.15, 0.2) is 42.9 Å². The van der Waals surface area contributed by atoms with Gasteiger partial charge in [0.2, 0.25) is 0 Å². The average Bonchev–Trinajstić information content (AvgIpc) is 2.88. The first-order chi connectivity index (χ1) is 11.8. The summed E-state index contributed by atoms with van der Waals surface area (Å²) in [6.45, 7) is 2.43. The van der Waals surface area contributed by atoms with Crippen molar-refractivity contribution in [3.63, 3.8) is 0 Å². The average molecular weight is 327 g/mol. The Morgan fingerprint density at radius 3 is 2.88 bits per heavy atom. The molecule has 0 N–H and O–H groups in total. The maximum Gasteiger partial charge on any atom is 0.274 e. The van der Waals surface area contributed by atoms with E-state index in [2.05, 4.69) is 22.1 Å². The highest BCUT2D eigenvalue weighted by molar-refractivity contribution is 5.92. The van der Waals surface area contributed by atoms with Crippen molar-refractivity contribution in [3.8, 4) is 5.75 Å². The zero-order chi connectivity index (χ0) is 16.8. The Morgan fingerprint density at radius 1 is 1.33 bits per heavy atom. The molecule has 0 radical (unpaired) electrons. The van der Waals surface area contributed by atoms with Crippen LogP contribution in [0.4, 0.5) is 0 Å². The number of aromatic nitrogens is 2. The molecule has 24 heavy (non-hydrogen) atoms. The largest absolute Gasteiger partial charge is 0.497 e.